The number of para-hydroxylation sites is 2. The first kappa shape index (κ1) is 16.5. The van der Waals surface area contributed by atoms with Gasteiger partial charge in [-0.25, -0.2) is 14.5 Å². The fourth-order valence-electron chi connectivity index (χ4n) is 3.68. The van der Waals surface area contributed by atoms with Crippen molar-refractivity contribution in [1.29, 1.82) is 0 Å². The molecule has 5 aromatic rings. The third-order valence-electron chi connectivity index (χ3n) is 5.19. The van der Waals surface area contributed by atoms with Gasteiger partial charge in [-0.15, -0.1) is 5.10 Å². The summed E-state index contributed by atoms with van der Waals surface area (Å²) >= 11 is 0. The molecule has 5 rings (SSSR count). The normalized spacial score (nSPS) is 11.4. The minimum atomic E-state index is 0.692. The van der Waals surface area contributed by atoms with Crippen LogP contribution < -0.4 is 4.74 Å². The standard InChI is InChI=1S/C22H19N5O/c1-14-15(2)27(17-11-7-8-12-18(17)28-3)21-19(14)22-24-20(25-26(22)13-23-21)16-9-5-4-6-10-16/h4-13H,1-3H3. The molecule has 0 aliphatic carbocycles. The first-order chi connectivity index (χ1) is 13.7. The molecule has 6 nitrogen and oxygen atoms in total. The minimum absolute atomic E-state index is 0.692. The highest BCUT2D eigenvalue weighted by atomic mass is 16.5. The van der Waals surface area contributed by atoms with Gasteiger partial charge >= 0.3 is 0 Å². The van der Waals surface area contributed by atoms with E-state index in [0.29, 0.717) is 5.82 Å². The summed E-state index contributed by atoms with van der Waals surface area (Å²) in [6, 6.07) is 17.9. The van der Waals surface area contributed by atoms with Gasteiger partial charge in [0.05, 0.1) is 18.2 Å². The van der Waals surface area contributed by atoms with Crippen molar-refractivity contribution < 1.29 is 4.74 Å². The van der Waals surface area contributed by atoms with E-state index in [1.165, 1.54) is 0 Å². The van der Waals surface area contributed by atoms with Crippen LogP contribution in [-0.2, 0) is 0 Å². The van der Waals surface area contributed by atoms with E-state index in [1.54, 1.807) is 18.0 Å². The number of rotatable bonds is 3. The van der Waals surface area contributed by atoms with Crippen LogP contribution in [0.1, 0.15) is 11.3 Å². The number of hydrogen-bond acceptors (Lipinski definition) is 4. The summed E-state index contributed by atoms with van der Waals surface area (Å²) in [5.74, 6) is 1.49. The molecule has 138 valence electrons. The largest absolute Gasteiger partial charge is 0.495 e. The Hall–Kier alpha value is -3.67. The summed E-state index contributed by atoms with van der Waals surface area (Å²) in [6.07, 6.45) is 1.72. The number of hydrogen-bond donors (Lipinski definition) is 0. The average molecular weight is 369 g/mol. The van der Waals surface area contributed by atoms with Crippen LogP contribution in [0.25, 0.3) is 33.8 Å². The quantitative estimate of drug-likeness (QED) is 0.474. The Morgan fingerprint density at radius 1 is 0.893 bits per heavy atom. The summed E-state index contributed by atoms with van der Waals surface area (Å²) in [6.45, 7) is 4.19. The van der Waals surface area contributed by atoms with Crippen molar-refractivity contribution in [3.05, 3.63) is 72.2 Å². The fourth-order valence-corrected chi connectivity index (χ4v) is 3.68. The number of benzene rings is 2. The van der Waals surface area contributed by atoms with Crippen molar-refractivity contribution in [3.8, 4) is 22.8 Å². The molecule has 0 aliphatic rings. The maximum atomic E-state index is 5.58. The van der Waals surface area contributed by atoms with Gasteiger partial charge < -0.3 is 4.74 Å². The molecular weight excluding hydrogens is 350 g/mol. The van der Waals surface area contributed by atoms with E-state index in [-0.39, 0.29) is 0 Å². The molecule has 0 amide bonds. The molecule has 0 radical (unpaired) electrons. The Balaban J connectivity index is 1.82. The van der Waals surface area contributed by atoms with E-state index in [9.17, 15) is 0 Å². The molecule has 0 bridgehead atoms. The predicted molar refractivity (Wildman–Crippen MR) is 109 cm³/mol. The van der Waals surface area contributed by atoms with Gasteiger partial charge in [0, 0.05) is 11.3 Å². The SMILES string of the molecule is COc1ccccc1-n1c(C)c(C)c2c1ncn1nc(-c3ccccc3)nc21. The van der Waals surface area contributed by atoms with Gasteiger partial charge in [0.25, 0.3) is 0 Å². The summed E-state index contributed by atoms with van der Waals surface area (Å²) < 4.78 is 9.46. The zero-order valence-corrected chi connectivity index (χ0v) is 15.9. The summed E-state index contributed by atoms with van der Waals surface area (Å²) in [5, 5.41) is 5.63. The zero-order chi connectivity index (χ0) is 19.3. The van der Waals surface area contributed by atoms with E-state index in [4.69, 9.17) is 14.7 Å². The van der Waals surface area contributed by atoms with Crippen molar-refractivity contribution in [2.24, 2.45) is 0 Å². The number of ether oxygens (including phenoxy) is 1. The first-order valence-corrected chi connectivity index (χ1v) is 9.11. The number of aryl methyl sites for hydroxylation is 1. The van der Waals surface area contributed by atoms with Crippen LogP contribution in [-0.4, -0.2) is 31.3 Å². The zero-order valence-electron chi connectivity index (χ0n) is 15.9. The molecule has 0 N–H and O–H groups in total. The van der Waals surface area contributed by atoms with Crippen LogP contribution in [0.2, 0.25) is 0 Å². The van der Waals surface area contributed by atoms with Crippen molar-refractivity contribution in [2.75, 3.05) is 7.11 Å². The smallest absolute Gasteiger partial charge is 0.182 e. The highest BCUT2D eigenvalue weighted by molar-refractivity contribution is 5.95. The molecule has 2 aromatic carbocycles. The van der Waals surface area contributed by atoms with E-state index in [2.05, 4.69) is 23.5 Å². The minimum Gasteiger partial charge on any atom is -0.495 e. The topological polar surface area (TPSA) is 57.2 Å². The molecule has 0 atom stereocenters. The molecular formula is C22H19N5O. The lowest BCUT2D eigenvalue weighted by Gasteiger charge is -2.12. The lowest BCUT2D eigenvalue weighted by atomic mass is 10.2. The van der Waals surface area contributed by atoms with E-state index < -0.39 is 0 Å². The van der Waals surface area contributed by atoms with E-state index in [1.807, 2.05) is 54.6 Å². The first-order valence-electron chi connectivity index (χ1n) is 9.11. The van der Waals surface area contributed by atoms with Crippen LogP contribution in [0.3, 0.4) is 0 Å². The highest BCUT2D eigenvalue weighted by Gasteiger charge is 2.20. The van der Waals surface area contributed by atoms with Crippen molar-refractivity contribution in [2.45, 2.75) is 13.8 Å². The van der Waals surface area contributed by atoms with Gasteiger partial charge in [0.1, 0.15) is 12.1 Å². The number of methoxy groups -OCH3 is 1. The Kier molecular flexibility index (Phi) is 3.65. The lowest BCUT2D eigenvalue weighted by Crippen LogP contribution is -2.01. The van der Waals surface area contributed by atoms with Gasteiger partial charge in [0.2, 0.25) is 0 Å². The van der Waals surface area contributed by atoms with Crippen LogP contribution >= 0.6 is 0 Å². The Morgan fingerprint density at radius 3 is 2.43 bits per heavy atom. The molecule has 0 saturated heterocycles. The van der Waals surface area contributed by atoms with Gasteiger partial charge in [-0.2, -0.15) is 0 Å². The molecule has 6 heteroatoms. The lowest BCUT2D eigenvalue weighted by molar-refractivity contribution is 0.413. The summed E-state index contributed by atoms with van der Waals surface area (Å²) in [4.78, 5) is 9.55. The summed E-state index contributed by atoms with van der Waals surface area (Å²) in [7, 11) is 1.68. The molecule has 0 aliphatic heterocycles. The summed E-state index contributed by atoms with van der Waals surface area (Å²) in [5.41, 5.74) is 5.82. The van der Waals surface area contributed by atoms with Gasteiger partial charge in [-0.1, -0.05) is 42.5 Å². The molecule has 28 heavy (non-hydrogen) atoms. The van der Waals surface area contributed by atoms with Crippen molar-refractivity contribution in [3.63, 3.8) is 0 Å². The predicted octanol–water partition coefficient (Wildman–Crippen LogP) is 4.36. The van der Waals surface area contributed by atoms with Crippen LogP contribution in [0.5, 0.6) is 5.75 Å². The third kappa shape index (κ3) is 2.31. The van der Waals surface area contributed by atoms with Crippen molar-refractivity contribution in [1.82, 2.24) is 24.1 Å². The van der Waals surface area contributed by atoms with Gasteiger partial charge in [0.15, 0.2) is 17.1 Å². The highest BCUT2D eigenvalue weighted by Crippen LogP contribution is 2.33. The van der Waals surface area contributed by atoms with Gasteiger partial charge in [-0.3, -0.25) is 4.57 Å². The third-order valence-corrected chi connectivity index (χ3v) is 5.19. The maximum Gasteiger partial charge on any atom is 0.182 e. The fraction of sp³-hybridized carbons (Fsp3) is 0.136. The number of nitrogens with zero attached hydrogens (tertiary/aromatic N) is 5. The van der Waals surface area contributed by atoms with E-state index >= 15 is 0 Å². The molecule has 3 aromatic heterocycles. The second-order valence-corrected chi connectivity index (χ2v) is 6.73. The van der Waals surface area contributed by atoms with Gasteiger partial charge in [-0.05, 0) is 31.5 Å². The monoisotopic (exact) mass is 369 g/mol. The molecule has 0 saturated carbocycles. The molecule has 0 fully saturated rings. The van der Waals surface area contributed by atoms with E-state index in [0.717, 1.165) is 44.9 Å². The van der Waals surface area contributed by atoms with Crippen LogP contribution in [0.15, 0.2) is 60.9 Å². The Morgan fingerprint density at radius 2 is 1.64 bits per heavy atom. The van der Waals surface area contributed by atoms with Crippen LogP contribution in [0.4, 0.5) is 0 Å². The molecule has 0 unspecified atom stereocenters. The molecule has 3 heterocycles. The second-order valence-electron chi connectivity index (χ2n) is 6.73. The maximum absolute atomic E-state index is 5.58. The van der Waals surface area contributed by atoms with Crippen molar-refractivity contribution >= 4 is 16.7 Å². The Labute approximate surface area is 162 Å². The van der Waals surface area contributed by atoms with Crippen LogP contribution in [0, 0.1) is 13.8 Å². The average Bonchev–Trinajstić information content (AvgIpc) is 3.28. The number of aromatic nitrogens is 5. The number of fused-ring (bicyclic) bond motifs is 3. The second kappa shape index (κ2) is 6.20. The molecule has 0 spiro atoms. The Bertz CT molecular complexity index is 1320.